The van der Waals surface area contributed by atoms with Crippen molar-refractivity contribution in [2.75, 3.05) is 0 Å². The monoisotopic (exact) mass is 261 g/mol. The normalized spacial score (nSPS) is 10.3. The van der Waals surface area contributed by atoms with Crippen molar-refractivity contribution in [3.63, 3.8) is 0 Å². The number of non-ortho nitro benzene ring substituents is 1. The molecule has 0 spiro atoms. The maximum atomic E-state index is 10.5. The molecule has 2 rings (SSSR count). The highest BCUT2D eigenvalue weighted by molar-refractivity contribution is 5.69. The van der Waals surface area contributed by atoms with Crippen molar-refractivity contribution >= 4 is 11.7 Å². The van der Waals surface area contributed by atoms with Gasteiger partial charge < -0.3 is 9.67 Å². The van der Waals surface area contributed by atoms with E-state index in [9.17, 15) is 14.9 Å². The van der Waals surface area contributed by atoms with Gasteiger partial charge in [-0.2, -0.15) is 0 Å². The van der Waals surface area contributed by atoms with E-state index in [-0.39, 0.29) is 12.1 Å². The molecule has 0 atom stereocenters. The van der Waals surface area contributed by atoms with Crippen LogP contribution in [0.1, 0.15) is 11.3 Å². The van der Waals surface area contributed by atoms with Crippen LogP contribution in [0.3, 0.4) is 0 Å². The number of aliphatic carboxylic acids is 1. The Bertz CT molecular complexity index is 604. The van der Waals surface area contributed by atoms with Crippen LogP contribution in [0.2, 0.25) is 0 Å². The van der Waals surface area contributed by atoms with Gasteiger partial charge in [0.05, 0.1) is 23.4 Å². The molecular weight excluding hydrogens is 250 g/mol. The van der Waals surface area contributed by atoms with Crippen LogP contribution in [0.15, 0.2) is 36.8 Å². The van der Waals surface area contributed by atoms with E-state index in [0.717, 1.165) is 5.56 Å². The lowest BCUT2D eigenvalue weighted by Gasteiger charge is -2.01. The summed E-state index contributed by atoms with van der Waals surface area (Å²) in [5.41, 5.74) is 1.40. The molecule has 0 bridgehead atoms. The van der Waals surface area contributed by atoms with Crippen LogP contribution in [0, 0.1) is 10.1 Å². The van der Waals surface area contributed by atoms with E-state index < -0.39 is 10.9 Å². The maximum absolute atomic E-state index is 10.5. The number of carboxylic acids is 1. The fraction of sp³-hybridized carbons (Fsp3) is 0.167. The minimum atomic E-state index is -0.930. The Balaban J connectivity index is 2.06. The van der Waals surface area contributed by atoms with Gasteiger partial charge in [-0.1, -0.05) is 12.1 Å². The van der Waals surface area contributed by atoms with E-state index in [4.69, 9.17) is 5.11 Å². The van der Waals surface area contributed by atoms with E-state index in [0.29, 0.717) is 12.2 Å². The summed E-state index contributed by atoms with van der Waals surface area (Å²) >= 11 is 0. The summed E-state index contributed by atoms with van der Waals surface area (Å²) in [6.07, 6.45) is 3.07. The Kier molecular flexibility index (Phi) is 3.56. The van der Waals surface area contributed by atoms with Crippen molar-refractivity contribution < 1.29 is 14.8 Å². The van der Waals surface area contributed by atoms with Crippen LogP contribution in [-0.2, 0) is 17.8 Å². The van der Waals surface area contributed by atoms with Gasteiger partial charge in [-0.15, -0.1) is 0 Å². The van der Waals surface area contributed by atoms with Gasteiger partial charge in [0, 0.05) is 24.9 Å². The lowest BCUT2D eigenvalue weighted by atomic mass is 10.2. The van der Waals surface area contributed by atoms with Crippen LogP contribution in [0.5, 0.6) is 0 Å². The second kappa shape index (κ2) is 5.30. The molecule has 7 nitrogen and oxygen atoms in total. The topological polar surface area (TPSA) is 98.3 Å². The summed E-state index contributed by atoms with van der Waals surface area (Å²) in [7, 11) is 0. The van der Waals surface area contributed by atoms with Crippen molar-refractivity contribution in [1.29, 1.82) is 0 Å². The molecule has 98 valence electrons. The third kappa shape index (κ3) is 3.38. The molecule has 0 aliphatic heterocycles. The van der Waals surface area contributed by atoms with Crippen molar-refractivity contribution in [2.24, 2.45) is 0 Å². The van der Waals surface area contributed by atoms with Crippen molar-refractivity contribution in [2.45, 2.75) is 13.0 Å². The predicted octanol–water partition coefficient (Wildman–Crippen LogP) is 1.47. The van der Waals surface area contributed by atoms with Crippen molar-refractivity contribution in [3.8, 4) is 0 Å². The van der Waals surface area contributed by atoms with Crippen molar-refractivity contribution in [1.82, 2.24) is 9.55 Å². The van der Waals surface area contributed by atoms with Gasteiger partial charge in [-0.3, -0.25) is 14.9 Å². The summed E-state index contributed by atoms with van der Waals surface area (Å²) in [5.74, 6) is -0.930. The van der Waals surface area contributed by atoms with Gasteiger partial charge >= 0.3 is 5.97 Å². The maximum Gasteiger partial charge on any atom is 0.309 e. The molecule has 0 aliphatic rings. The molecule has 19 heavy (non-hydrogen) atoms. The minimum Gasteiger partial charge on any atom is -0.481 e. The first-order valence-electron chi connectivity index (χ1n) is 5.50. The third-order valence-electron chi connectivity index (χ3n) is 2.53. The fourth-order valence-corrected chi connectivity index (χ4v) is 1.67. The molecule has 1 heterocycles. The summed E-state index contributed by atoms with van der Waals surface area (Å²) in [4.78, 5) is 24.6. The Labute approximate surface area is 108 Å². The number of carbonyl (C=O) groups is 1. The molecule has 0 amide bonds. The smallest absolute Gasteiger partial charge is 0.309 e. The highest BCUT2D eigenvalue weighted by Gasteiger charge is 2.06. The van der Waals surface area contributed by atoms with Gasteiger partial charge in [-0.05, 0) is 5.56 Å². The van der Waals surface area contributed by atoms with Gasteiger partial charge in [0.1, 0.15) is 0 Å². The molecule has 1 aromatic carbocycles. The number of imidazole rings is 1. The zero-order chi connectivity index (χ0) is 13.8. The Morgan fingerprint density at radius 3 is 2.63 bits per heavy atom. The first kappa shape index (κ1) is 12.7. The zero-order valence-corrected chi connectivity index (χ0v) is 9.89. The quantitative estimate of drug-likeness (QED) is 0.649. The molecule has 7 heteroatoms. The number of hydrogen-bond acceptors (Lipinski definition) is 4. The number of nitro groups is 1. The fourth-order valence-electron chi connectivity index (χ4n) is 1.67. The Morgan fingerprint density at radius 2 is 2.05 bits per heavy atom. The van der Waals surface area contributed by atoms with Gasteiger partial charge in [0.25, 0.3) is 5.69 Å². The van der Waals surface area contributed by atoms with E-state index in [1.165, 1.54) is 12.1 Å². The van der Waals surface area contributed by atoms with Gasteiger partial charge in [0.2, 0.25) is 0 Å². The average molecular weight is 261 g/mol. The molecule has 0 saturated carbocycles. The minimum absolute atomic E-state index is 0.0425. The molecular formula is C12H11N3O4. The molecule has 0 fully saturated rings. The Hall–Kier alpha value is -2.70. The lowest BCUT2D eigenvalue weighted by Crippen LogP contribution is -2.00. The Morgan fingerprint density at radius 1 is 1.37 bits per heavy atom. The number of carboxylic acid groups (broad SMARTS) is 1. The summed E-state index contributed by atoms with van der Waals surface area (Å²) < 4.78 is 1.74. The first-order valence-corrected chi connectivity index (χ1v) is 5.50. The summed E-state index contributed by atoms with van der Waals surface area (Å²) in [6.45, 7) is 0.491. The first-order chi connectivity index (χ1) is 9.04. The zero-order valence-electron chi connectivity index (χ0n) is 9.89. The number of aromatic nitrogens is 2. The lowest BCUT2D eigenvalue weighted by molar-refractivity contribution is -0.384. The second-order valence-corrected chi connectivity index (χ2v) is 4.03. The standard InChI is InChI=1S/C12H11N3O4/c16-12(17)5-10-7-14(8-13-10)6-9-1-3-11(4-2-9)15(18)19/h1-4,7-8H,5-6H2,(H,16,17). The van der Waals surface area contributed by atoms with Crippen molar-refractivity contribution in [3.05, 3.63) is 58.2 Å². The number of nitro benzene ring substituents is 1. The van der Waals surface area contributed by atoms with E-state index in [1.807, 2.05) is 0 Å². The molecule has 1 N–H and O–H groups in total. The molecule has 1 aromatic heterocycles. The van der Waals surface area contributed by atoms with E-state index in [2.05, 4.69) is 4.98 Å². The SMILES string of the molecule is O=C(O)Cc1cn(Cc2ccc([N+](=O)[O-])cc2)cn1. The second-order valence-electron chi connectivity index (χ2n) is 4.03. The van der Waals surface area contributed by atoms with Gasteiger partial charge in [0.15, 0.2) is 0 Å². The molecule has 0 radical (unpaired) electrons. The van der Waals surface area contributed by atoms with Crippen LogP contribution in [0.25, 0.3) is 0 Å². The number of nitrogens with zero attached hydrogens (tertiary/aromatic N) is 3. The van der Waals surface area contributed by atoms with Crippen LogP contribution in [0.4, 0.5) is 5.69 Å². The predicted molar refractivity (Wildman–Crippen MR) is 65.8 cm³/mol. The van der Waals surface area contributed by atoms with Crippen LogP contribution >= 0.6 is 0 Å². The third-order valence-corrected chi connectivity index (χ3v) is 2.53. The van der Waals surface area contributed by atoms with Gasteiger partial charge in [-0.25, -0.2) is 4.98 Å². The van der Waals surface area contributed by atoms with E-state index in [1.54, 1.807) is 29.2 Å². The summed E-state index contributed by atoms with van der Waals surface area (Å²) in [5, 5.41) is 19.1. The van der Waals surface area contributed by atoms with E-state index >= 15 is 0 Å². The molecule has 0 unspecified atom stereocenters. The van der Waals surface area contributed by atoms with Crippen LogP contribution < -0.4 is 0 Å². The molecule has 0 saturated heterocycles. The van der Waals surface area contributed by atoms with Crippen LogP contribution in [-0.4, -0.2) is 25.6 Å². The highest BCUT2D eigenvalue weighted by atomic mass is 16.6. The molecule has 0 aliphatic carbocycles. The number of benzene rings is 1. The summed E-state index contributed by atoms with van der Waals surface area (Å²) in [6, 6.07) is 6.19. The molecule has 2 aromatic rings. The number of hydrogen-bond donors (Lipinski definition) is 1. The number of rotatable bonds is 5. The largest absolute Gasteiger partial charge is 0.481 e. The highest BCUT2D eigenvalue weighted by Crippen LogP contribution is 2.13. The average Bonchev–Trinajstić information content (AvgIpc) is 2.76.